The van der Waals surface area contributed by atoms with Crippen LogP contribution in [-0.2, 0) is 16.8 Å². The van der Waals surface area contributed by atoms with Gasteiger partial charge in [-0.2, -0.15) is 0 Å². The van der Waals surface area contributed by atoms with E-state index in [0.29, 0.717) is 6.04 Å². The smallest absolute Gasteiger partial charge is 0.160 e. The third-order valence-electron chi connectivity index (χ3n) is 4.74. The lowest BCUT2D eigenvalue weighted by molar-refractivity contribution is -0.0848. The molecule has 2 aliphatic carbocycles. The number of methoxy groups -OCH3 is 1. The largest absolute Gasteiger partial charge is 0.370 e. The van der Waals surface area contributed by atoms with Crippen LogP contribution in [0, 0.1) is 0 Å². The summed E-state index contributed by atoms with van der Waals surface area (Å²) >= 11 is 0. The molecule has 1 N–H and O–H groups in total. The average molecular weight is 261 g/mol. The molecule has 1 fully saturated rings. The molecule has 0 bridgehead atoms. The number of aromatic nitrogens is 2. The lowest BCUT2D eigenvalue weighted by atomic mass is 9.79. The Bertz CT molecular complexity index is 451. The van der Waals surface area contributed by atoms with Gasteiger partial charge in [-0.25, -0.2) is 9.97 Å². The summed E-state index contributed by atoms with van der Waals surface area (Å²) < 4.78 is 5.69. The van der Waals surface area contributed by atoms with Crippen molar-refractivity contribution in [2.24, 2.45) is 0 Å². The van der Waals surface area contributed by atoms with Gasteiger partial charge in [0.2, 0.25) is 0 Å². The van der Waals surface area contributed by atoms with Crippen molar-refractivity contribution >= 4 is 0 Å². The Kier molecular flexibility index (Phi) is 3.54. The second-order valence-electron chi connectivity index (χ2n) is 5.73. The number of fused-ring (bicyclic) bond motifs is 1. The van der Waals surface area contributed by atoms with Gasteiger partial charge in [0.05, 0.1) is 0 Å². The molecule has 0 radical (unpaired) electrons. The maximum Gasteiger partial charge on any atom is 0.160 e. The fourth-order valence-corrected chi connectivity index (χ4v) is 3.25. The molecule has 1 saturated carbocycles. The second-order valence-corrected chi connectivity index (χ2v) is 5.73. The van der Waals surface area contributed by atoms with Crippen LogP contribution < -0.4 is 5.32 Å². The number of ether oxygens (including phenoxy) is 1. The summed E-state index contributed by atoms with van der Waals surface area (Å²) in [5.74, 6) is 0.900. The predicted molar refractivity (Wildman–Crippen MR) is 73.9 cm³/mol. The first kappa shape index (κ1) is 13.0. The third kappa shape index (κ3) is 2.17. The van der Waals surface area contributed by atoms with Gasteiger partial charge in [-0.3, -0.25) is 0 Å². The molecule has 1 heterocycles. The summed E-state index contributed by atoms with van der Waals surface area (Å²) in [5.41, 5.74) is 2.32. The summed E-state index contributed by atoms with van der Waals surface area (Å²) in [7, 11) is 3.81. The SMILES string of the molecule is CNC1CCCCc2nc(C3(OC)CCC3)ncc21. The van der Waals surface area contributed by atoms with Gasteiger partial charge >= 0.3 is 0 Å². The van der Waals surface area contributed by atoms with Gasteiger partial charge in [-0.1, -0.05) is 6.42 Å². The zero-order valence-electron chi connectivity index (χ0n) is 11.9. The van der Waals surface area contributed by atoms with Gasteiger partial charge < -0.3 is 10.1 Å². The summed E-state index contributed by atoms with van der Waals surface area (Å²) in [6, 6.07) is 0.409. The molecule has 19 heavy (non-hydrogen) atoms. The van der Waals surface area contributed by atoms with E-state index in [2.05, 4.69) is 10.3 Å². The highest BCUT2D eigenvalue weighted by Crippen LogP contribution is 2.43. The Morgan fingerprint density at radius 2 is 2.16 bits per heavy atom. The van der Waals surface area contributed by atoms with E-state index in [0.717, 1.165) is 25.1 Å². The molecule has 0 aromatic carbocycles. The van der Waals surface area contributed by atoms with Crippen LogP contribution in [0.2, 0.25) is 0 Å². The van der Waals surface area contributed by atoms with Crippen LogP contribution in [0.3, 0.4) is 0 Å². The molecule has 4 nitrogen and oxygen atoms in total. The monoisotopic (exact) mass is 261 g/mol. The average Bonchev–Trinajstić information content (AvgIpc) is 2.59. The highest BCUT2D eigenvalue weighted by atomic mass is 16.5. The first-order valence-corrected chi connectivity index (χ1v) is 7.38. The topological polar surface area (TPSA) is 47.0 Å². The van der Waals surface area contributed by atoms with Crippen molar-refractivity contribution in [3.05, 3.63) is 23.3 Å². The molecule has 1 unspecified atom stereocenters. The number of aryl methyl sites for hydroxylation is 1. The van der Waals surface area contributed by atoms with Crippen molar-refractivity contribution in [3.63, 3.8) is 0 Å². The fraction of sp³-hybridized carbons (Fsp3) is 0.733. The van der Waals surface area contributed by atoms with E-state index in [4.69, 9.17) is 9.72 Å². The quantitative estimate of drug-likeness (QED) is 0.849. The van der Waals surface area contributed by atoms with Crippen molar-refractivity contribution in [2.45, 2.75) is 56.6 Å². The minimum absolute atomic E-state index is 0.198. The number of hydrogen-bond donors (Lipinski definition) is 1. The molecule has 0 aliphatic heterocycles. The number of hydrogen-bond acceptors (Lipinski definition) is 4. The van der Waals surface area contributed by atoms with Gasteiger partial charge in [0.15, 0.2) is 5.82 Å². The fourth-order valence-electron chi connectivity index (χ4n) is 3.25. The maximum atomic E-state index is 5.69. The van der Waals surface area contributed by atoms with E-state index >= 15 is 0 Å². The summed E-state index contributed by atoms with van der Waals surface area (Å²) in [6.07, 6.45) is 10.1. The van der Waals surface area contributed by atoms with Crippen LogP contribution in [0.4, 0.5) is 0 Å². The molecule has 0 saturated heterocycles. The number of rotatable bonds is 3. The van der Waals surface area contributed by atoms with E-state index in [9.17, 15) is 0 Å². The van der Waals surface area contributed by atoms with Gasteiger partial charge in [0.1, 0.15) is 5.60 Å². The highest BCUT2D eigenvalue weighted by Gasteiger charge is 2.42. The van der Waals surface area contributed by atoms with Crippen molar-refractivity contribution in [3.8, 4) is 0 Å². The third-order valence-corrected chi connectivity index (χ3v) is 4.74. The number of nitrogens with one attached hydrogen (secondary N) is 1. The molecular weight excluding hydrogens is 238 g/mol. The second kappa shape index (κ2) is 5.17. The highest BCUT2D eigenvalue weighted by molar-refractivity contribution is 5.25. The van der Waals surface area contributed by atoms with Crippen molar-refractivity contribution in [1.29, 1.82) is 0 Å². The van der Waals surface area contributed by atoms with Crippen LogP contribution in [0.25, 0.3) is 0 Å². The minimum Gasteiger partial charge on any atom is -0.370 e. The molecule has 0 amide bonds. The Morgan fingerprint density at radius 1 is 1.32 bits per heavy atom. The van der Waals surface area contributed by atoms with E-state index in [1.54, 1.807) is 7.11 Å². The van der Waals surface area contributed by atoms with Gasteiger partial charge in [-0.15, -0.1) is 0 Å². The first-order valence-electron chi connectivity index (χ1n) is 7.38. The molecule has 1 atom stereocenters. The Morgan fingerprint density at radius 3 is 2.79 bits per heavy atom. The molecule has 2 aliphatic rings. The summed E-state index contributed by atoms with van der Waals surface area (Å²) in [6.45, 7) is 0. The zero-order valence-corrected chi connectivity index (χ0v) is 11.9. The molecule has 104 valence electrons. The Hall–Kier alpha value is -1.00. The van der Waals surface area contributed by atoms with Gasteiger partial charge in [-0.05, 0) is 45.6 Å². The van der Waals surface area contributed by atoms with Crippen LogP contribution in [0.5, 0.6) is 0 Å². The molecular formula is C15H23N3O. The van der Waals surface area contributed by atoms with Crippen LogP contribution in [0.15, 0.2) is 6.20 Å². The predicted octanol–water partition coefficient (Wildman–Crippen LogP) is 2.49. The van der Waals surface area contributed by atoms with Crippen LogP contribution >= 0.6 is 0 Å². The standard InChI is InChI=1S/C15H23N3O/c1-16-12-6-3-4-7-13-11(12)10-17-14(18-13)15(19-2)8-5-9-15/h10,12,16H,3-9H2,1-2H3. The Labute approximate surface area is 115 Å². The van der Waals surface area contributed by atoms with Crippen molar-refractivity contribution < 1.29 is 4.74 Å². The molecule has 1 aromatic rings. The number of nitrogens with zero attached hydrogens (tertiary/aromatic N) is 2. The molecule has 4 heteroatoms. The molecule has 3 rings (SSSR count). The summed E-state index contributed by atoms with van der Waals surface area (Å²) in [4.78, 5) is 9.48. The normalized spacial score (nSPS) is 25.3. The summed E-state index contributed by atoms with van der Waals surface area (Å²) in [5, 5.41) is 3.39. The minimum atomic E-state index is -0.198. The van der Waals surface area contributed by atoms with Crippen molar-refractivity contribution in [2.75, 3.05) is 14.2 Å². The zero-order chi connectivity index (χ0) is 13.3. The van der Waals surface area contributed by atoms with Crippen LogP contribution in [-0.4, -0.2) is 24.1 Å². The maximum absolute atomic E-state index is 5.69. The van der Waals surface area contributed by atoms with E-state index in [1.165, 1.54) is 36.9 Å². The van der Waals surface area contributed by atoms with E-state index < -0.39 is 0 Å². The van der Waals surface area contributed by atoms with Crippen LogP contribution in [0.1, 0.15) is 61.6 Å². The first-order chi connectivity index (χ1) is 9.29. The molecule has 0 spiro atoms. The van der Waals surface area contributed by atoms with E-state index in [1.807, 2.05) is 13.2 Å². The van der Waals surface area contributed by atoms with Gasteiger partial charge in [0, 0.05) is 30.6 Å². The lowest BCUT2D eigenvalue weighted by Gasteiger charge is -2.39. The van der Waals surface area contributed by atoms with Crippen molar-refractivity contribution in [1.82, 2.24) is 15.3 Å². The Balaban J connectivity index is 1.96. The van der Waals surface area contributed by atoms with E-state index in [-0.39, 0.29) is 5.60 Å². The lowest BCUT2D eigenvalue weighted by Crippen LogP contribution is -2.38. The van der Waals surface area contributed by atoms with Gasteiger partial charge in [0.25, 0.3) is 0 Å². The molecule has 1 aromatic heterocycles.